The highest BCUT2D eigenvalue weighted by molar-refractivity contribution is 7.99. The first-order chi connectivity index (χ1) is 13.7. The lowest BCUT2D eigenvalue weighted by Gasteiger charge is -2.31. The topological polar surface area (TPSA) is 49.4 Å². The summed E-state index contributed by atoms with van der Waals surface area (Å²) in [4.78, 5) is 27.5. The summed E-state index contributed by atoms with van der Waals surface area (Å²) in [7, 11) is 0. The number of nitrogens with one attached hydrogen (secondary N) is 1. The van der Waals surface area contributed by atoms with Crippen LogP contribution in [0.25, 0.3) is 0 Å². The van der Waals surface area contributed by atoms with Gasteiger partial charge in [0, 0.05) is 17.8 Å². The molecule has 4 nitrogen and oxygen atoms in total. The molecule has 0 fully saturated rings. The average molecular weight is 413 g/mol. The Kier molecular flexibility index (Phi) is 8.32. The second kappa shape index (κ2) is 10.5. The lowest BCUT2D eigenvalue weighted by Crippen LogP contribution is -2.52. The Morgan fingerprint density at radius 3 is 2.21 bits per heavy atom. The Hall–Kier alpha value is -2.27. The Morgan fingerprint density at radius 2 is 1.62 bits per heavy atom. The number of carbonyl (C=O) groups is 2. The summed E-state index contributed by atoms with van der Waals surface area (Å²) in [6.45, 7) is 10.1. The van der Waals surface area contributed by atoms with Gasteiger partial charge in [0.15, 0.2) is 0 Å². The Bertz CT molecular complexity index is 798. The van der Waals surface area contributed by atoms with E-state index in [1.807, 2.05) is 70.2 Å². The quantitative estimate of drug-likeness (QED) is 0.691. The highest BCUT2D eigenvalue weighted by atomic mass is 32.2. The first-order valence-electron chi connectivity index (χ1n) is 9.94. The molecule has 5 heteroatoms. The maximum absolute atomic E-state index is 13.0. The number of thioether (sulfide) groups is 1. The van der Waals surface area contributed by atoms with Crippen LogP contribution in [-0.4, -0.2) is 34.0 Å². The number of carbonyl (C=O) groups excluding carboxylic acids is 2. The molecular formula is C24H32N2O2S. The van der Waals surface area contributed by atoms with Crippen LogP contribution in [0, 0.1) is 6.92 Å². The monoisotopic (exact) mass is 412 g/mol. The minimum atomic E-state index is -0.541. The van der Waals surface area contributed by atoms with Crippen LogP contribution >= 0.6 is 11.8 Å². The van der Waals surface area contributed by atoms with Crippen LogP contribution < -0.4 is 5.32 Å². The molecule has 0 bridgehead atoms. The molecule has 0 radical (unpaired) electrons. The fourth-order valence-corrected chi connectivity index (χ4v) is 3.73. The normalized spacial score (nSPS) is 12.3. The van der Waals surface area contributed by atoms with Crippen molar-refractivity contribution in [2.24, 2.45) is 0 Å². The van der Waals surface area contributed by atoms with Crippen molar-refractivity contribution in [2.75, 3.05) is 5.75 Å². The van der Waals surface area contributed by atoms with E-state index in [1.165, 1.54) is 11.1 Å². The third-order valence-corrected chi connectivity index (χ3v) is 5.46. The van der Waals surface area contributed by atoms with Crippen molar-refractivity contribution in [3.63, 3.8) is 0 Å². The zero-order valence-corrected chi connectivity index (χ0v) is 18.9. The number of benzene rings is 2. The Labute approximate surface area is 179 Å². The summed E-state index contributed by atoms with van der Waals surface area (Å²) in [6.07, 6.45) is 0. The van der Waals surface area contributed by atoms with E-state index >= 15 is 0 Å². The van der Waals surface area contributed by atoms with Crippen LogP contribution in [-0.2, 0) is 21.9 Å². The van der Waals surface area contributed by atoms with E-state index in [9.17, 15) is 9.59 Å². The summed E-state index contributed by atoms with van der Waals surface area (Å²) in [5.41, 5.74) is 3.04. The van der Waals surface area contributed by atoms with Crippen molar-refractivity contribution in [1.29, 1.82) is 0 Å². The van der Waals surface area contributed by atoms with Gasteiger partial charge in [0.2, 0.25) is 11.8 Å². The van der Waals surface area contributed by atoms with Gasteiger partial charge in [-0.2, -0.15) is 0 Å². The molecule has 0 aliphatic carbocycles. The van der Waals surface area contributed by atoms with Crippen molar-refractivity contribution >= 4 is 23.6 Å². The Morgan fingerprint density at radius 1 is 1.00 bits per heavy atom. The third-order valence-electron chi connectivity index (χ3n) is 4.48. The lowest BCUT2D eigenvalue weighted by molar-refractivity contribution is -0.139. The number of hydrogen-bond donors (Lipinski definition) is 1. The van der Waals surface area contributed by atoms with Gasteiger partial charge in [-0.15, -0.1) is 11.8 Å². The van der Waals surface area contributed by atoms with Crippen molar-refractivity contribution in [3.8, 4) is 0 Å². The number of rotatable bonds is 8. The zero-order valence-electron chi connectivity index (χ0n) is 18.1. The fraction of sp³-hybridized carbons (Fsp3) is 0.417. The standard InChI is InChI=1S/C24H32N2O2S/c1-18-11-13-20(14-12-18)15-26(19(2)23(28)25-24(3,4)5)22(27)17-29-16-21-9-7-6-8-10-21/h6-14,19H,15-17H2,1-5H3,(H,25,28)/t19-/m0/s1. The molecule has 0 saturated carbocycles. The van der Waals surface area contributed by atoms with Gasteiger partial charge in [0.05, 0.1) is 5.75 Å². The number of hydrogen-bond acceptors (Lipinski definition) is 3. The molecule has 2 aromatic rings. The summed E-state index contributed by atoms with van der Waals surface area (Å²) in [5.74, 6) is 0.954. The second-order valence-electron chi connectivity index (χ2n) is 8.40. The molecule has 156 valence electrons. The molecular weight excluding hydrogens is 380 g/mol. The highest BCUT2D eigenvalue weighted by Gasteiger charge is 2.28. The minimum absolute atomic E-state index is 0.0249. The van der Waals surface area contributed by atoms with Crippen molar-refractivity contribution in [3.05, 3.63) is 71.3 Å². The van der Waals surface area contributed by atoms with E-state index in [0.717, 1.165) is 11.3 Å². The summed E-state index contributed by atoms with van der Waals surface area (Å²) in [5, 5.41) is 2.99. The second-order valence-corrected chi connectivity index (χ2v) is 9.39. The lowest BCUT2D eigenvalue weighted by atomic mass is 10.1. The molecule has 2 aromatic carbocycles. The van der Waals surface area contributed by atoms with Gasteiger partial charge in [-0.3, -0.25) is 9.59 Å². The molecule has 0 spiro atoms. The van der Waals surface area contributed by atoms with Crippen LogP contribution in [0.5, 0.6) is 0 Å². The van der Waals surface area contributed by atoms with Gasteiger partial charge in [-0.05, 0) is 45.7 Å². The molecule has 0 aliphatic heterocycles. The summed E-state index contributed by atoms with van der Waals surface area (Å²) < 4.78 is 0. The van der Waals surface area contributed by atoms with Gasteiger partial charge in [0.1, 0.15) is 6.04 Å². The number of amides is 2. The highest BCUT2D eigenvalue weighted by Crippen LogP contribution is 2.16. The van der Waals surface area contributed by atoms with E-state index in [1.54, 1.807) is 23.6 Å². The summed E-state index contributed by atoms with van der Waals surface area (Å²) in [6, 6.07) is 17.6. The first kappa shape index (κ1) is 23.0. The van der Waals surface area contributed by atoms with Crippen LogP contribution in [0.3, 0.4) is 0 Å². The van der Waals surface area contributed by atoms with Gasteiger partial charge in [0.25, 0.3) is 0 Å². The van der Waals surface area contributed by atoms with E-state index in [0.29, 0.717) is 12.3 Å². The van der Waals surface area contributed by atoms with E-state index in [4.69, 9.17) is 0 Å². The van der Waals surface area contributed by atoms with Crippen molar-refractivity contribution in [1.82, 2.24) is 10.2 Å². The predicted octanol–water partition coefficient (Wildman–Crippen LogP) is 4.56. The van der Waals surface area contributed by atoms with Crippen LogP contribution in [0.2, 0.25) is 0 Å². The molecule has 0 aliphatic rings. The fourth-order valence-electron chi connectivity index (χ4n) is 2.86. The maximum atomic E-state index is 13.0. The van der Waals surface area contributed by atoms with Gasteiger partial charge in [-0.25, -0.2) is 0 Å². The third kappa shape index (κ3) is 7.94. The molecule has 1 atom stereocenters. The largest absolute Gasteiger partial charge is 0.350 e. The molecule has 0 saturated heterocycles. The van der Waals surface area contributed by atoms with Crippen molar-refractivity contribution in [2.45, 2.75) is 58.5 Å². The SMILES string of the molecule is Cc1ccc(CN(C(=O)CSCc2ccccc2)[C@@H](C)C(=O)NC(C)(C)C)cc1. The van der Waals surface area contributed by atoms with Gasteiger partial charge in [-0.1, -0.05) is 60.2 Å². The van der Waals surface area contributed by atoms with E-state index < -0.39 is 6.04 Å². The molecule has 2 rings (SSSR count). The molecule has 0 aromatic heterocycles. The van der Waals surface area contributed by atoms with Crippen molar-refractivity contribution < 1.29 is 9.59 Å². The van der Waals surface area contributed by atoms with Crippen LogP contribution in [0.1, 0.15) is 44.4 Å². The molecule has 0 unspecified atom stereocenters. The summed E-state index contributed by atoms with van der Waals surface area (Å²) >= 11 is 1.58. The maximum Gasteiger partial charge on any atom is 0.242 e. The van der Waals surface area contributed by atoms with Crippen LogP contribution in [0.15, 0.2) is 54.6 Å². The van der Waals surface area contributed by atoms with Crippen LogP contribution in [0.4, 0.5) is 0 Å². The van der Waals surface area contributed by atoms with E-state index in [2.05, 4.69) is 17.4 Å². The number of aryl methyl sites for hydroxylation is 1. The Balaban J connectivity index is 2.08. The predicted molar refractivity (Wildman–Crippen MR) is 122 cm³/mol. The molecule has 2 amide bonds. The van der Waals surface area contributed by atoms with E-state index in [-0.39, 0.29) is 17.4 Å². The molecule has 1 N–H and O–H groups in total. The minimum Gasteiger partial charge on any atom is -0.350 e. The first-order valence-corrected chi connectivity index (χ1v) is 11.1. The average Bonchev–Trinajstić information content (AvgIpc) is 2.66. The smallest absolute Gasteiger partial charge is 0.242 e. The molecule has 0 heterocycles. The van der Waals surface area contributed by atoms with Gasteiger partial charge < -0.3 is 10.2 Å². The number of nitrogens with zero attached hydrogens (tertiary/aromatic N) is 1. The zero-order chi connectivity index (χ0) is 21.4. The molecule has 29 heavy (non-hydrogen) atoms. The van der Waals surface area contributed by atoms with Gasteiger partial charge >= 0.3 is 0 Å².